The van der Waals surface area contributed by atoms with E-state index in [0.29, 0.717) is 12.0 Å². The molecule has 2 amide bonds. The molecule has 0 saturated carbocycles. The van der Waals surface area contributed by atoms with Gasteiger partial charge in [-0.15, -0.1) is 0 Å². The fourth-order valence-corrected chi connectivity index (χ4v) is 3.54. The van der Waals surface area contributed by atoms with Gasteiger partial charge in [-0.05, 0) is 23.8 Å². The molecular formula is C23H29FN4O2+2. The zero-order chi connectivity index (χ0) is 21.2. The molecule has 3 rings (SSSR count). The molecule has 2 aromatic rings. The zero-order valence-electron chi connectivity index (χ0n) is 17.0. The summed E-state index contributed by atoms with van der Waals surface area (Å²) in [6.45, 7) is 6.08. The Hall–Kier alpha value is -3.03. The van der Waals surface area contributed by atoms with Crippen LogP contribution >= 0.6 is 0 Å². The summed E-state index contributed by atoms with van der Waals surface area (Å²) in [5.41, 5.74) is 6.88. The number of rotatable bonds is 7. The van der Waals surface area contributed by atoms with Gasteiger partial charge in [0.15, 0.2) is 0 Å². The maximum Gasteiger partial charge on any atom is 0.262 e. The Morgan fingerprint density at radius 2 is 1.57 bits per heavy atom. The number of hydrazine groups is 1. The van der Waals surface area contributed by atoms with Crippen LogP contribution in [0.1, 0.15) is 17.5 Å². The Labute approximate surface area is 176 Å². The fourth-order valence-electron chi connectivity index (χ4n) is 3.54. The molecule has 0 aliphatic carbocycles. The summed E-state index contributed by atoms with van der Waals surface area (Å²) in [6.07, 6.45) is 3.22. The van der Waals surface area contributed by atoms with Gasteiger partial charge in [0, 0.05) is 11.6 Å². The van der Waals surface area contributed by atoms with Gasteiger partial charge in [-0.3, -0.25) is 20.4 Å². The first-order valence-electron chi connectivity index (χ1n) is 10.3. The summed E-state index contributed by atoms with van der Waals surface area (Å²) in [5.74, 6) is -0.965. The van der Waals surface area contributed by atoms with Crippen molar-refractivity contribution >= 4 is 17.9 Å². The van der Waals surface area contributed by atoms with Gasteiger partial charge >= 0.3 is 0 Å². The van der Waals surface area contributed by atoms with Crippen LogP contribution in [0.3, 0.4) is 0 Å². The highest BCUT2D eigenvalue weighted by atomic mass is 19.1. The van der Waals surface area contributed by atoms with Gasteiger partial charge in [0.05, 0.1) is 13.0 Å². The highest BCUT2D eigenvalue weighted by Gasteiger charge is 2.23. The summed E-state index contributed by atoms with van der Waals surface area (Å²) in [6, 6.07) is 16.3. The van der Waals surface area contributed by atoms with Crippen molar-refractivity contribution in [3.8, 4) is 0 Å². The van der Waals surface area contributed by atoms with Crippen LogP contribution in [0.15, 0.2) is 60.7 Å². The minimum absolute atomic E-state index is 0.204. The van der Waals surface area contributed by atoms with E-state index >= 15 is 0 Å². The molecule has 2 aromatic carbocycles. The number of amides is 2. The predicted octanol–water partition coefficient (Wildman–Crippen LogP) is -0.640. The van der Waals surface area contributed by atoms with E-state index in [-0.39, 0.29) is 11.7 Å². The molecule has 7 heteroatoms. The van der Waals surface area contributed by atoms with E-state index in [9.17, 15) is 14.0 Å². The molecule has 0 radical (unpaired) electrons. The van der Waals surface area contributed by atoms with Gasteiger partial charge in [0.2, 0.25) is 5.91 Å². The lowest BCUT2D eigenvalue weighted by Crippen LogP contribution is -3.27. The smallest absolute Gasteiger partial charge is 0.262 e. The molecule has 1 aliphatic heterocycles. The highest BCUT2D eigenvalue weighted by Crippen LogP contribution is 2.04. The molecule has 0 spiro atoms. The fraction of sp³-hybridized carbons (Fsp3) is 0.304. The van der Waals surface area contributed by atoms with Crippen molar-refractivity contribution in [1.82, 2.24) is 10.9 Å². The van der Waals surface area contributed by atoms with Crippen LogP contribution in [0.2, 0.25) is 0 Å². The van der Waals surface area contributed by atoms with Crippen LogP contribution in [0, 0.1) is 5.82 Å². The molecule has 1 aliphatic rings. The molecule has 4 N–H and O–H groups in total. The summed E-state index contributed by atoms with van der Waals surface area (Å²) < 4.78 is 12.9. The van der Waals surface area contributed by atoms with Gasteiger partial charge in [-0.2, -0.15) is 0 Å². The number of nitrogens with one attached hydrogen (secondary N) is 4. The first-order valence-corrected chi connectivity index (χ1v) is 10.3. The number of piperazine rings is 1. The van der Waals surface area contributed by atoms with E-state index in [4.69, 9.17) is 0 Å². The monoisotopic (exact) mass is 412 g/mol. The average molecular weight is 413 g/mol. The van der Waals surface area contributed by atoms with Crippen molar-refractivity contribution in [1.29, 1.82) is 0 Å². The molecule has 0 unspecified atom stereocenters. The maximum atomic E-state index is 12.9. The highest BCUT2D eigenvalue weighted by molar-refractivity contribution is 5.93. The van der Waals surface area contributed by atoms with Crippen molar-refractivity contribution in [2.45, 2.75) is 13.0 Å². The summed E-state index contributed by atoms with van der Waals surface area (Å²) in [4.78, 5) is 26.8. The third kappa shape index (κ3) is 7.42. The number of carbonyl (C=O) groups excluding carboxylic acids is 2. The Bertz CT molecular complexity index is 847. The summed E-state index contributed by atoms with van der Waals surface area (Å²) in [7, 11) is 0. The van der Waals surface area contributed by atoms with Gasteiger partial charge < -0.3 is 9.80 Å². The second-order valence-corrected chi connectivity index (χ2v) is 7.58. The van der Waals surface area contributed by atoms with E-state index in [1.807, 2.05) is 6.07 Å². The third-order valence-electron chi connectivity index (χ3n) is 5.29. The SMILES string of the molecule is O=C(/C=C/c1ccc(F)cc1)NNC(=O)CC[NH+]1CC[NH+](Cc2ccccc2)CC1. The number of hydrogen-bond acceptors (Lipinski definition) is 2. The molecule has 1 saturated heterocycles. The van der Waals surface area contributed by atoms with E-state index in [1.165, 1.54) is 28.7 Å². The van der Waals surface area contributed by atoms with Gasteiger partial charge in [-0.1, -0.05) is 42.5 Å². The van der Waals surface area contributed by atoms with Crippen LogP contribution in [0.25, 0.3) is 6.08 Å². The lowest BCUT2D eigenvalue weighted by Gasteiger charge is -2.29. The quantitative estimate of drug-likeness (QED) is 0.361. The molecule has 0 bridgehead atoms. The van der Waals surface area contributed by atoms with E-state index in [1.54, 1.807) is 23.1 Å². The molecule has 1 heterocycles. The third-order valence-corrected chi connectivity index (χ3v) is 5.29. The number of halogens is 1. The van der Waals surface area contributed by atoms with Crippen molar-refractivity contribution in [3.63, 3.8) is 0 Å². The molecule has 0 atom stereocenters. The summed E-state index contributed by atoms with van der Waals surface area (Å²) >= 11 is 0. The molecule has 6 nitrogen and oxygen atoms in total. The second kappa shape index (κ2) is 11.2. The van der Waals surface area contributed by atoms with Gasteiger partial charge in [0.1, 0.15) is 38.5 Å². The number of benzene rings is 2. The maximum absolute atomic E-state index is 12.9. The predicted molar refractivity (Wildman–Crippen MR) is 113 cm³/mol. The van der Waals surface area contributed by atoms with Gasteiger partial charge in [0.25, 0.3) is 5.91 Å². The Morgan fingerprint density at radius 1 is 0.900 bits per heavy atom. The van der Waals surface area contributed by atoms with E-state index in [2.05, 4.69) is 35.1 Å². The zero-order valence-corrected chi connectivity index (χ0v) is 17.0. The molecule has 30 heavy (non-hydrogen) atoms. The second-order valence-electron chi connectivity index (χ2n) is 7.58. The molecule has 1 fully saturated rings. The van der Waals surface area contributed by atoms with Crippen LogP contribution in [-0.2, 0) is 16.1 Å². The van der Waals surface area contributed by atoms with Crippen molar-refractivity contribution < 1.29 is 23.8 Å². The van der Waals surface area contributed by atoms with Gasteiger partial charge in [-0.25, -0.2) is 4.39 Å². The minimum Gasteiger partial charge on any atom is -0.325 e. The van der Waals surface area contributed by atoms with Crippen molar-refractivity contribution in [2.75, 3.05) is 32.7 Å². The lowest BCUT2D eigenvalue weighted by molar-refractivity contribution is -1.02. The Morgan fingerprint density at radius 3 is 2.27 bits per heavy atom. The van der Waals surface area contributed by atoms with Crippen molar-refractivity contribution in [2.24, 2.45) is 0 Å². The normalized spacial score (nSPS) is 18.8. The molecule has 158 valence electrons. The molecular weight excluding hydrogens is 383 g/mol. The average Bonchev–Trinajstić information content (AvgIpc) is 2.77. The molecule has 0 aromatic heterocycles. The Kier molecular flexibility index (Phi) is 8.11. The number of hydrogen-bond donors (Lipinski definition) is 4. The first-order chi connectivity index (χ1) is 14.6. The van der Waals surface area contributed by atoms with Crippen LogP contribution in [-0.4, -0.2) is 44.5 Å². The first kappa shape index (κ1) is 21.7. The minimum atomic E-state index is -0.432. The van der Waals surface area contributed by atoms with Crippen LogP contribution < -0.4 is 20.7 Å². The topological polar surface area (TPSA) is 67.1 Å². The standard InChI is InChI=1S/C23H27FN4O2/c24-21-9-6-19(7-10-21)8-11-22(29)25-26-23(30)12-13-27-14-16-28(17-15-27)18-20-4-2-1-3-5-20/h1-11H,12-18H2,(H,25,29)(H,26,30)/p+2/b11-8+. The van der Waals surface area contributed by atoms with Crippen LogP contribution in [0.4, 0.5) is 4.39 Å². The van der Waals surface area contributed by atoms with Crippen molar-refractivity contribution in [3.05, 3.63) is 77.6 Å². The Balaban J connectivity index is 1.29. The number of carbonyl (C=O) groups is 2. The summed E-state index contributed by atoms with van der Waals surface area (Å²) in [5, 5.41) is 0. The largest absolute Gasteiger partial charge is 0.325 e. The van der Waals surface area contributed by atoms with E-state index < -0.39 is 5.91 Å². The lowest BCUT2D eigenvalue weighted by atomic mass is 10.2. The van der Waals surface area contributed by atoms with E-state index in [0.717, 1.165) is 39.3 Å². The van der Waals surface area contributed by atoms with Crippen LogP contribution in [0.5, 0.6) is 0 Å². The number of quaternary nitrogens is 2.